The van der Waals surface area contributed by atoms with E-state index in [1.54, 1.807) is 12.5 Å². The lowest BCUT2D eigenvalue weighted by atomic mass is 9.81. The molecule has 1 aliphatic heterocycles. The predicted molar refractivity (Wildman–Crippen MR) is 141 cm³/mol. The molecule has 1 aliphatic rings. The van der Waals surface area contributed by atoms with Crippen molar-refractivity contribution in [3.8, 4) is 11.1 Å². The number of amides is 1. The second kappa shape index (κ2) is 10.5. The molecule has 184 valence electrons. The summed E-state index contributed by atoms with van der Waals surface area (Å²) in [5, 5.41) is 20.8. The third-order valence-electron chi connectivity index (χ3n) is 6.20. The lowest BCUT2D eigenvalue weighted by molar-refractivity contribution is -0.120. The minimum atomic E-state index is -1.18. The van der Waals surface area contributed by atoms with E-state index < -0.39 is 11.6 Å². The monoisotopic (exact) mass is 493 g/mol. The van der Waals surface area contributed by atoms with Crippen molar-refractivity contribution in [2.75, 3.05) is 11.9 Å². The maximum atomic E-state index is 13.6. The van der Waals surface area contributed by atoms with Gasteiger partial charge in [-0.1, -0.05) is 49.0 Å². The lowest BCUT2D eigenvalue weighted by Gasteiger charge is -2.33. The van der Waals surface area contributed by atoms with E-state index >= 15 is 0 Å². The standard InChI is InChI=1S/C25H25N5O3.CH4.H2S/c1-15-23(16(2)33-30-15)17-8-9-22-21(10-17)25(24(32)28-22,18-6-4-3-5-7-18)29-20(13-31)11-19-12-26-14-27-19;;/h3-10,12,14,20,29,31H,11,13H2,1-2H3,(H,26,27)(H,28,32);1H4;1H2/t20-,25?;;/m0../s1. The number of aryl methyl sites for hydroxylation is 2. The van der Waals surface area contributed by atoms with Crippen LogP contribution in [0.3, 0.4) is 0 Å². The Hall–Kier alpha value is -3.40. The van der Waals surface area contributed by atoms with E-state index in [-0.39, 0.29) is 33.4 Å². The summed E-state index contributed by atoms with van der Waals surface area (Å²) in [5.41, 5.74) is 4.61. The van der Waals surface area contributed by atoms with Gasteiger partial charge >= 0.3 is 0 Å². The number of H-pyrrole nitrogens is 1. The largest absolute Gasteiger partial charge is 0.395 e. The summed E-state index contributed by atoms with van der Waals surface area (Å²) in [6, 6.07) is 15.1. The molecule has 4 N–H and O–H groups in total. The van der Waals surface area contributed by atoms with Gasteiger partial charge in [0.2, 0.25) is 0 Å². The Balaban J connectivity index is 0.00000171. The Bertz CT molecular complexity index is 1270. The number of imidazole rings is 1. The van der Waals surface area contributed by atoms with Gasteiger partial charge < -0.3 is 19.9 Å². The van der Waals surface area contributed by atoms with Crippen LogP contribution in [0.5, 0.6) is 0 Å². The SMILES string of the molecule is C.Cc1noc(C)c1-c1ccc2c(c1)C(N[C@H](CO)Cc1cnc[nH]1)(c1ccccc1)C(=O)N2.S. The smallest absolute Gasteiger partial charge is 0.254 e. The van der Waals surface area contributed by atoms with E-state index in [1.807, 2.05) is 62.4 Å². The molecule has 5 rings (SSSR count). The number of rotatable bonds is 7. The van der Waals surface area contributed by atoms with Crippen LogP contribution >= 0.6 is 13.5 Å². The van der Waals surface area contributed by atoms with Crippen LogP contribution in [0.2, 0.25) is 0 Å². The highest BCUT2D eigenvalue weighted by molar-refractivity contribution is 7.59. The van der Waals surface area contributed by atoms with Crippen LogP contribution < -0.4 is 10.6 Å². The average molecular weight is 494 g/mol. The minimum Gasteiger partial charge on any atom is -0.395 e. The number of hydrogen-bond donors (Lipinski definition) is 4. The number of hydrogen-bond acceptors (Lipinski definition) is 6. The highest BCUT2D eigenvalue weighted by atomic mass is 32.1. The zero-order valence-corrected chi connectivity index (χ0v) is 19.9. The van der Waals surface area contributed by atoms with Crippen molar-refractivity contribution in [3.05, 3.63) is 89.3 Å². The number of nitrogens with one attached hydrogen (secondary N) is 3. The molecular formula is C26H31N5O3S. The van der Waals surface area contributed by atoms with Crippen molar-refractivity contribution in [2.45, 2.75) is 39.3 Å². The fraction of sp³-hybridized carbons (Fsp3) is 0.269. The molecule has 0 fully saturated rings. The highest BCUT2D eigenvalue weighted by Gasteiger charge is 2.49. The van der Waals surface area contributed by atoms with Gasteiger partial charge in [-0.15, -0.1) is 0 Å². The molecular weight excluding hydrogens is 462 g/mol. The van der Waals surface area contributed by atoms with Gasteiger partial charge in [0.1, 0.15) is 5.76 Å². The maximum Gasteiger partial charge on any atom is 0.254 e. The van der Waals surface area contributed by atoms with Crippen molar-refractivity contribution in [2.24, 2.45) is 0 Å². The van der Waals surface area contributed by atoms with Crippen LogP contribution in [0.25, 0.3) is 11.1 Å². The van der Waals surface area contributed by atoms with E-state index in [0.717, 1.165) is 45.1 Å². The molecule has 3 heterocycles. The number of aliphatic hydroxyl groups excluding tert-OH is 1. The number of carbonyl (C=O) groups is 1. The number of fused-ring (bicyclic) bond motifs is 1. The van der Waals surface area contributed by atoms with Gasteiger partial charge in [0.05, 0.1) is 18.6 Å². The van der Waals surface area contributed by atoms with Gasteiger partial charge in [-0.3, -0.25) is 10.1 Å². The Labute approximate surface area is 211 Å². The molecule has 2 aromatic carbocycles. The van der Waals surface area contributed by atoms with Crippen LogP contribution in [0.1, 0.15) is 35.7 Å². The van der Waals surface area contributed by atoms with Gasteiger partial charge in [-0.05, 0) is 37.1 Å². The second-order valence-corrected chi connectivity index (χ2v) is 8.33. The molecule has 0 saturated heterocycles. The molecule has 0 radical (unpaired) electrons. The van der Waals surface area contributed by atoms with Crippen LogP contribution in [0.15, 0.2) is 65.6 Å². The molecule has 0 bridgehead atoms. The summed E-state index contributed by atoms with van der Waals surface area (Å²) in [7, 11) is 0. The number of benzene rings is 2. The van der Waals surface area contributed by atoms with Crippen molar-refractivity contribution in [1.29, 1.82) is 0 Å². The first-order chi connectivity index (χ1) is 16.0. The first kappa shape index (κ1) is 26.2. The minimum absolute atomic E-state index is 0. The van der Waals surface area contributed by atoms with Gasteiger partial charge in [0.25, 0.3) is 5.91 Å². The Morgan fingerprint density at radius 3 is 2.57 bits per heavy atom. The Kier molecular flexibility index (Phi) is 7.84. The molecule has 1 amide bonds. The van der Waals surface area contributed by atoms with Crippen LogP contribution in [0, 0.1) is 13.8 Å². The number of carbonyl (C=O) groups excluding carboxylic acids is 1. The summed E-state index contributed by atoms with van der Waals surface area (Å²) in [6.07, 6.45) is 3.80. The number of aromatic nitrogens is 3. The number of anilines is 1. The van der Waals surface area contributed by atoms with Crippen molar-refractivity contribution >= 4 is 25.1 Å². The summed E-state index contributed by atoms with van der Waals surface area (Å²) >= 11 is 0. The molecule has 8 nitrogen and oxygen atoms in total. The molecule has 2 aromatic heterocycles. The first-order valence-electron chi connectivity index (χ1n) is 10.8. The summed E-state index contributed by atoms with van der Waals surface area (Å²) in [4.78, 5) is 20.8. The Morgan fingerprint density at radius 1 is 1.17 bits per heavy atom. The average Bonchev–Trinajstić information content (AvgIpc) is 3.53. The summed E-state index contributed by atoms with van der Waals surface area (Å²) < 4.78 is 5.38. The molecule has 2 atom stereocenters. The zero-order chi connectivity index (χ0) is 23.0. The Morgan fingerprint density at radius 2 is 1.94 bits per heavy atom. The molecule has 0 saturated carbocycles. The van der Waals surface area contributed by atoms with E-state index in [9.17, 15) is 9.90 Å². The number of aromatic amines is 1. The van der Waals surface area contributed by atoms with E-state index in [2.05, 4.69) is 25.8 Å². The summed E-state index contributed by atoms with van der Waals surface area (Å²) in [5.74, 6) is 0.526. The van der Waals surface area contributed by atoms with Crippen molar-refractivity contribution in [1.82, 2.24) is 20.4 Å². The van der Waals surface area contributed by atoms with Gasteiger partial charge in [0.15, 0.2) is 5.54 Å². The topological polar surface area (TPSA) is 116 Å². The maximum absolute atomic E-state index is 13.6. The van der Waals surface area contributed by atoms with Crippen LogP contribution in [-0.4, -0.2) is 38.8 Å². The summed E-state index contributed by atoms with van der Waals surface area (Å²) in [6.45, 7) is 3.62. The third-order valence-corrected chi connectivity index (χ3v) is 6.20. The normalized spacial score (nSPS) is 17.2. The number of aliphatic hydroxyl groups is 1. The third kappa shape index (κ3) is 4.50. The molecule has 0 spiro atoms. The van der Waals surface area contributed by atoms with Crippen LogP contribution in [0.4, 0.5) is 5.69 Å². The first-order valence-corrected chi connectivity index (χ1v) is 10.8. The predicted octanol–water partition coefficient (Wildman–Crippen LogP) is 3.82. The van der Waals surface area contributed by atoms with Crippen molar-refractivity contribution < 1.29 is 14.4 Å². The van der Waals surface area contributed by atoms with Gasteiger partial charge in [-0.25, -0.2) is 4.98 Å². The van der Waals surface area contributed by atoms with E-state index in [1.165, 1.54) is 0 Å². The molecule has 9 heteroatoms. The molecule has 4 aromatic rings. The quantitative estimate of drug-likeness (QED) is 0.311. The second-order valence-electron chi connectivity index (χ2n) is 8.33. The molecule has 1 unspecified atom stereocenters. The number of nitrogens with zero attached hydrogens (tertiary/aromatic N) is 2. The highest BCUT2D eigenvalue weighted by Crippen LogP contribution is 2.44. The molecule has 0 aliphatic carbocycles. The van der Waals surface area contributed by atoms with E-state index in [0.29, 0.717) is 6.42 Å². The van der Waals surface area contributed by atoms with E-state index in [4.69, 9.17) is 4.52 Å². The molecule has 35 heavy (non-hydrogen) atoms. The van der Waals surface area contributed by atoms with Gasteiger partial charge in [-0.2, -0.15) is 13.5 Å². The van der Waals surface area contributed by atoms with Gasteiger partial charge in [0, 0.05) is 41.2 Å². The van der Waals surface area contributed by atoms with Crippen molar-refractivity contribution in [3.63, 3.8) is 0 Å². The van der Waals surface area contributed by atoms with Crippen LogP contribution in [-0.2, 0) is 16.8 Å². The lowest BCUT2D eigenvalue weighted by Crippen LogP contribution is -2.55. The fourth-order valence-corrected chi connectivity index (χ4v) is 4.68. The fourth-order valence-electron chi connectivity index (χ4n) is 4.68. The zero-order valence-electron chi connectivity index (χ0n) is 18.9.